The standard InChI is InChI=1S/C9H9N2O3/c1-2-10-9(12)7-5-3-4-6-8(7)11(13)14/h3-6H,1-2H2,(H,10,12). The second kappa shape index (κ2) is 4.36. The summed E-state index contributed by atoms with van der Waals surface area (Å²) in [6.07, 6.45) is 0. The molecule has 1 radical (unpaired) electrons. The van der Waals surface area contributed by atoms with Gasteiger partial charge in [0, 0.05) is 12.6 Å². The van der Waals surface area contributed by atoms with Crippen molar-refractivity contribution in [2.45, 2.75) is 0 Å². The number of rotatable bonds is 3. The number of hydrogen-bond donors (Lipinski definition) is 1. The number of carbonyl (C=O) groups is 1. The molecule has 0 atom stereocenters. The van der Waals surface area contributed by atoms with E-state index in [4.69, 9.17) is 0 Å². The normalized spacial score (nSPS) is 9.50. The number of hydrogen-bond acceptors (Lipinski definition) is 3. The van der Waals surface area contributed by atoms with Crippen LogP contribution in [0.25, 0.3) is 0 Å². The molecule has 0 bridgehead atoms. The quantitative estimate of drug-likeness (QED) is 0.578. The van der Waals surface area contributed by atoms with E-state index in [0.717, 1.165) is 0 Å². The Hall–Kier alpha value is -1.91. The van der Waals surface area contributed by atoms with E-state index >= 15 is 0 Å². The molecule has 1 N–H and O–H groups in total. The summed E-state index contributed by atoms with van der Waals surface area (Å²) in [5.41, 5.74) is -0.139. The van der Waals surface area contributed by atoms with E-state index < -0.39 is 10.8 Å². The van der Waals surface area contributed by atoms with Crippen molar-refractivity contribution < 1.29 is 9.72 Å². The van der Waals surface area contributed by atoms with Crippen LogP contribution < -0.4 is 5.32 Å². The summed E-state index contributed by atoms with van der Waals surface area (Å²) in [5.74, 6) is -0.479. The first-order chi connectivity index (χ1) is 6.66. The van der Waals surface area contributed by atoms with E-state index in [1.165, 1.54) is 18.2 Å². The van der Waals surface area contributed by atoms with Gasteiger partial charge in [-0.15, -0.1) is 0 Å². The molecule has 0 unspecified atom stereocenters. The lowest BCUT2D eigenvalue weighted by Crippen LogP contribution is -2.23. The zero-order valence-corrected chi connectivity index (χ0v) is 7.40. The van der Waals surface area contributed by atoms with E-state index in [2.05, 4.69) is 12.2 Å². The summed E-state index contributed by atoms with van der Waals surface area (Å²) in [6.45, 7) is 3.62. The molecular weight excluding hydrogens is 184 g/mol. The Morgan fingerprint density at radius 1 is 1.50 bits per heavy atom. The molecule has 1 rings (SSSR count). The minimum atomic E-state index is -0.585. The average Bonchev–Trinajstić information content (AvgIpc) is 2.18. The highest BCUT2D eigenvalue weighted by atomic mass is 16.6. The first-order valence-corrected chi connectivity index (χ1v) is 3.97. The lowest BCUT2D eigenvalue weighted by Gasteiger charge is -2.01. The van der Waals surface area contributed by atoms with Crippen LogP contribution in [0.2, 0.25) is 0 Å². The molecule has 0 fully saturated rings. The fourth-order valence-electron chi connectivity index (χ4n) is 1.03. The van der Waals surface area contributed by atoms with E-state index in [1.54, 1.807) is 6.07 Å². The largest absolute Gasteiger partial charge is 0.352 e. The van der Waals surface area contributed by atoms with Crippen LogP contribution in [-0.2, 0) is 0 Å². The van der Waals surface area contributed by atoms with Crippen LogP contribution in [0.3, 0.4) is 0 Å². The van der Waals surface area contributed by atoms with Crippen LogP contribution in [0.1, 0.15) is 10.4 Å². The molecule has 0 saturated carbocycles. The van der Waals surface area contributed by atoms with Gasteiger partial charge in [0.1, 0.15) is 5.56 Å². The lowest BCUT2D eigenvalue weighted by atomic mass is 10.1. The molecule has 1 amide bonds. The van der Waals surface area contributed by atoms with Crippen LogP contribution in [0.4, 0.5) is 5.69 Å². The lowest BCUT2D eigenvalue weighted by molar-refractivity contribution is -0.385. The molecule has 0 aliphatic carbocycles. The van der Waals surface area contributed by atoms with Crippen molar-refractivity contribution in [3.8, 4) is 0 Å². The van der Waals surface area contributed by atoms with Gasteiger partial charge in [-0.05, 0) is 13.0 Å². The highest BCUT2D eigenvalue weighted by Crippen LogP contribution is 2.16. The second-order valence-electron chi connectivity index (χ2n) is 2.53. The van der Waals surface area contributed by atoms with Crippen molar-refractivity contribution in [1.29, 1.82) is 0 Å². The second-order valence-corrected chi connectivity index (χ2v) is 2.53. The summed E-state index contributed by atoms with van der Waals surface area (Å²) < 4.78 is 0. The summed E-state index contributed by atoms with van der Waals surface area (Å²) in [7, 11) is 0. The fraction of sp³-hybridized carbons (Fsp3) is 0.111. The molecule has 1 aromatic rings. The average molecular weight is 193 g/mol. The van der Waals surface area contributed by atoms with Gasteiger partial charge in [0.25, 0.3) is 11.6 Å². The van der Waals surface area contributed by atoms with Gasteiger partial charge in [0.15, 0.2) is 0 Å². The number of amides is 1. The van der Waals surface area contributed by atoms with Crippen molar-refractivity contribution in [2.24, 2.45) is 0 Å². The zero-order valence-electron chi connectivity index (χ0n) is 7.40. The number of nitrogens with one attached hydrogen (secondary N) is 1. The maximum absolute atomic E-state index is 11.3. The van der Waals surface area contributed by atoms with Crippen LogP contribution in [-0.4, -0.2) is 17.4 Å². The molecule has 0 heterocycles. The Bertz CT molecular complexity index is 363. The number of nitrogens with zero attached hydrogens (tertiary/aromatic N) is 1. The monoisotopic (exact) mass is 193 g/mol. The minimum Gasteiger partial charge on any atom is -0.352 e. The number of nitro benzene ring substituents is 1. The molecule has 0 aliphatic heterocycles. The Labute approximate surface area is 80.9 Å². The van der Waals surface area contributed by atoms with E-state index in [1.807, 2.05) is 0 Å². The van der Waals surface area contributed by atoms with Crippen molar-refractivity contribution in [1.82, 2.24) is 5.32 Å². The molecule has 1 aromatic carbocycles. The van der Waals surface area contributed by atoms with Crippen LogP contribution in [0, 0.1) is 17.0 Å². The van der Waals surface area contributed by atoms with Crippen molar-refractivity contribution in [3.05, 3.63) is 46.9 Å². The van der Waals surface area contributed by atoms with Gasteiger partial charge < -0.3 is 5.32 Å². The fourth-order valence-corrected chi connectivity index (χ4v) is 1.03. The Kier molecular flexibility index (Phi) is 3.17. The van der Waals surface area contributed by atoms with Gasteiger partial charge in [0.2, 0.25) is 0 Å². The van der Waals surface area contributed by atoms with Gasteiger partial charge in [-0.25, -0.2) is 0 Å². The molecule has 0 saturated heterocycles. The number of nitro groups is 1. The molecule has 0 aliphatic rings. The van der Waals surface area contributed by atoms with Gasteiger partial charge in [-0.1, -0.05) is 12.1 Å². The van der Waals surface area contributed by atoms with Gasteiger partial charge >= 0.3 is 0 Å². The van der Waals surface area contributed by atoms with E-state index in [-0.39, 0.29) is 17.8 Å². The zero-order chi connectivity index (χ0) is 10.6. The maximum atomic E-state index is 11.3. The number of benzene rings is 1. The molecular formula is C9H9N2O3. The predicted octanol–water partition coefficient (Wildman–Crippen LogP) is 1.16. The summed E-state index contributed by atoms with van der Waals surface area (Å²) >= 11 is 0. The molecule has 73 valence electrons. The van der Waals surface area contributed by atoms with E-state index in [0.29, 0.717) is 0 Å². The SMILES string of the molecule is [CH2]CNC(=O)c1ccccc1[N+](=O)[O-]. The maximum Gasteiger partial charge on any atom is 0.282 e. The third kappa shape index (κ3) is 2.07. The first kappa shape index (κ1) is 10.2. The van der Waals surface area contributed by atoms with Crippen LogP contribution in [0.15, 0.2) is 24.3 Å². The summed E-state index contributed by atoms with van der Waals surface area (Å²) in [6, 6.07) is 5.78. The third-order valence-electron chi connectivity index (χ3n) is 1.63. The predicted molar refractivity (Wildman–Crippen MR) is 50.8 cm³/mol. The summed E-state index contributed by atoms with van der Waals surface area (Å²) in [4.78, 5) is 21.3. The Morgan fingerprint density at radius 3 is 2.71 bits per heavy atom. The number of para-hydroxylation sites is 1. The Morgan fingerprint density at radius 2 is 2.14 bits per heavy atom. The van der Waals surface area contributed by atoms with Gasteiger partial charge in [-0.3, -0.25) is 14.9 Å². The molecule has 5 nitrogen and oxygen atoms in total. The molecule has 14 heavy (non-hydrogen) atoms. The Balaban J connectivity index is 3.07. The molecule has 0 spiro atoms. The van der Waals surface area contributed by atoms with Crippen LogP contribution >= 0.6 is 0 Å². The third-order valence-corrected chi connectivity index (χ3v) is 1.63. The van der Waals surface area contributed by atoms with Crippen molar-refractivity contribution in [2.75, 3.05) is 6.54 Å². The highest BCUT2D eigenvalue weighted by molar-refractivity contribution is 5.98. The molecule has 0 aromatic heterocycles. The minimum absolute atomic E-state index is 0.0566. The first-order valence-electron chi connectivity index (χ1n) is 3.97. The van der Waals surface area contributed by atoms with Crippen LogP contribution in [0.5, 0.6) is 0 Å². The van der Waals surface area contributed by atoms with Crippen molar-refractivity contribution in [3.63, 3.8) is 0 Å². The highest BCUT2D eigenvalue weighted by Gasteiger charge is 2.17. The van der Waals surface area contributed by atoms with Gasteiger partial charge in [0.05, 0.1) is 4.92 Å². The van der Waals surface area contributed by atoms with E-state index in [9.17, 15) is 14.9 Å². The smallest absolute Gasteiger partial charge is 0.282 e. The molecule has 5 heteroatoms. The van der Waals surface area contributed by atoms with Crippen molar-refractivity contribution >= 4 is 11.6 Å². The van der Waals surface area contributed by atoms with Gasteiger partial charge in [-0.2, -0.15) is 0 Å². The summed E-state index contributed by atoms with van der Waals surface area (Å²) in [5, 5.41) is 12.9. The number of carbonyl (C=O) groups excluding carboxylic acids is 1. The topological polar surface area (TPSA) is 72.2 Å².